The number of hydrogen-bond acceptors (Lipinski definition) is 4. The summed E-state index contributed by atoms with van der Waals surface area (Å²) >= 11 is 0. The van der Waals surface area contributed by atoms with Gasteiger partial charge in [-0.15, -0.1) is 0 Å². The summed E-state index contributed by atoms with van der Waals surface area (Å²) in [7, 11) is 5.46. The normalized spacial score (nSPS) is 19.7. The molecule has 0 aromatic heterocycles. The molecule has 0 aliphatic heterocycles. The van der Waals surface area contributed by atoms with Gasteiger partial charge >= 0.3 is 0 Å². The summed E-state index contributed by atoms with van der Waals surface area (Å²) in [6.45, 7) is 3.35. The second kappa shape index (κ2) is 8.89. The molecule has 1 aromatic carbocycles. The van der Waals surface area contributed by atoms with Crippen LogP contribution in [0.4, 0.5) is 0 Å². The molecule has 0 radical (unpaired) electrons. The van der Waals surface area contributed by atoms with E-state index in [-0.39, 0.29) is 11.8 Å². The van der Waals surface area contributed by atoms with Crippen molar-refractivity contribution in [2.24, 2.45) is 5.92 Å². The fourth-order valence-electron chi connectivity index (χ4n) is 2.85. The number of amides is 1. The molecular formula is C18H28N2O3. The van der Waals surface area contributed by atoms with Crippen molar-refractivity contribution in [3.8, 4) is 5.75 Å². The third-order valence-corrected chi connectivity index (χ3v) is 4.36. The van der Waals surface area contributed by atoms with Crippen LogP contribution >= 0.6 is 0 Å². The zero-order valence-electron chi connectivity index (χ0n) is 14.4. The highest BCUT2D eigenvalue weighted by atomic mass is 16.5. The van der Waals surface area contributed by atoms with Crippen LogP contribution in [0.2, 0.25) is 0 Å². The minimum atomic E-state index is 0.0949. The number of rotatable bonds is 10. The molecule has 0 bridgehead atoms. The molecule has 5 heteroatoms. The van der Waals surface area contributed by atoms with Gasteiger partial charge in [-0.1, -0.05) is 18.2 Å². The fraction of sp³-hybridized carbons (Fsp3) is 0.611. The van der Waals surface area contributed by atoms with Gasteiger partial charge < -0.3 is 19.7 Å². The van der Waals surface area contributed by atoms with Crippen molar-refractivity contribution in [2.45, 2.75) is 18.8 Å². The summed E-state index contributed by atoms with van der Waals surface area (Å²) in [4.78, 5) is 14.4. The quantitative estimate of drug-likeness (QED) is 0.669. The molecule has 128 valence electrons. The molecule has 0 spiro atoms. The van der Waals surface area contributed by atoms with Crippen molar-refractivity contribution in [2.75, 3.05) is 47.5 Å². The number of likely N-dealkylation sites (N-methyl/N-ethyl adjacent to an activating group) is 1. The van der Waals surface area contributed by atoms with E-state index in [0.29, 0.717) is 5.92 Å². The number of ether oxygens (including phenoxy) is 2. The summed E-state index contributed by atoms with van der Waals surface area (Å²) in [6, 6.07) is 7.97. The van der Waals surface area contributed by atoms with Gasteiger partial charge in [-0.3, -0.25) is 4.79 Å². The van der Waals surface area contributed by atoms with Crippen LogP contribution in [0, 0.1) is 5.92 Å². The van der Waals surface area contributed by atoms with Gasteiger partial charge in [0.15, 0.2) is 0 Å². The van der Waals surface area contributed by atoms with Gasteiger partial charge in [-0.2, -0.15) is 0 Å². The molecular weight excluding hydrogens is 292 g/mol. The molecule has 1 aromatic rings. The van der Waals surface area contributed by atoms with Crippen molar-refractivity contribution in [3.63, 3.8) is 0 Å². The highest BCUT2D eigenvalue weighted by molar-refractivity contribution is 5.83. The third kappa shape index (κ3) is 5.22. The summed E-state index contributed by atoms with van der Waals surface area (Å²) in [5, 5.41) is 3.06. The summed E-state index contributed by atoms with van der Waals surface area (Å²) in [6.07, 6.45) is 1.87. The Bertz CT molecular complexity index is 507. The van der Waals surface area contributed by atoms with Crippen LogP contribution in [0.15, 0.2) is 24.3 Å². The van der Waals surface area contributed by atoms with Gasteiger partial charge in [-0.05, 0) is 44.0 Å². The molecule has 5 nitrogen and oxygen atoms in total. The molecule has 1 saturated carbocycles. The van der Waals surface area contributed by atoms with Crippen LogP contribution in [-0.4, -0.2) is 58.3 Å². The lowest BCUT2D eigenvalue weighted by Crippen LogP contribution is -2.30. The summed E-state index contributed by atoms with van der Waals surface area (Å²) in [5.74, 6) is 1.45. The topological polar surface area (TPSA) is 50.8 Å². The Labute approximate surface area is 139 Å². The predicted octanol–water partition coefficient (Wildman–Crippen LogP) is 1.88. The molecule has 2 unspecified atom stereocenters. The molecule has 2 atom stereocenters. The average Bonchev–Trinajstić information content (AvgIpc) is 3.37. The largest absolute Gasteiger partial charge is 0.496 e. The monoisotopic (exact) mass is 320 g/mol. The Morgan fingerprint density at radius 2 is 2.09 bits per heavy atom. The highest BCUT2D eigenvalue weighted by Crippen LogP contribution is 2.50. The number of carbonyl (C=O) groups excluding carboxylic acids is 1. The minimum absolute atomic E-state index is 0.0949. The zero-order chi connectivity index (χ0) is 16.7. The Hall–Kier alpha value is -1.59. The Kier molecular flexibility index (Phi) is 6.86. The van der Waals surface area contributed by atoms with Crippen molar-refractivity contribution < 1.29 is 14.3 Å². The standard InChI is InChI=1S/C18H28N2O3/c1-20(11-12-22-2)10-6-9-19-18(21)16-13-15(16)14-7-4-5-8-17(14)23-3/h4-5,7-8,15-16H,6,9-13H2,1-3H3,(H,19,21). The maximum absolute atomic E-state index is 12.2. The number of methoxy groups -OCH3 is 2. The highest BCUT2D eigenvalue weighted by Gasteiger charge is 2.44. The van der Waals surface area contributed by atoms with Gasteiger partial charge in [0.25, 0.3) is 0 Å². The second-order valence-corrected chi connectivity index (χ2v) is 6.13. The smallest absolute Gasteiger partial charge is 0.223 e. The predicted molar refractivity (Wildman–Crippen MR) is 90.8 cm³/mol. The number of carbonyl (C=O) groups is 1. The van der Waals surface area contributed by atoms with Gasteiger partial charge in [0.05, 0.1) is 13.7 Å². The van der Waals surface area contributed by atoms with E-state index in [2.05, 4.69) is 23.3 Å². The van der Waals surface area contributed by atoms with Crippen LogP contribution in [0.1, 0.15) is 24.3 Å². The lowest BCUT2D eigenvalue weighted by Gasteiger charge is -2.15. The number of benzene rings is 1. The SMILES string of the molecule is COCCN(C)CCCNC(=O)C1CC1c1ccccc1OC. The lowest BCUT2D eigenvalue weighted by molar-refractivity contribution is -0.122. The van der Waals surface area contributed by atoms with Crippen molar-refractivity contribution in [1.29, 1.82) is 0 Å². The first-order valence-corrected chi connectivity index (χ1v) is 8.25. The molecule has 2 rings (SSSR count). The summed E-state index contributed by atoms with van der Waals surface area (Å²) < 4.78 is 10.4. The number of nitrogens with zero attached hydrogens (tertiary/aromatic N) is 1. The maximum atomic E-state index is 12.2. The Balaban J connectivity index is 1.68. The first-order valence-electron chi connectivity index (χ1n) is 8.25. The zero-order valence-corrected chi connectivity index (χ0v) is 14.4. The third-order valence-electron chi connectivity index (χ3n) is 4.36. The molecule has 1 N–H and O–H groups in total. The minimum Gasteiger partial charge on any atom is -0.496 e. The van der Waals surface area contributed by atoms with Crippen molar-refractivity contribution >= 4 is 5.91 Å². The van der Waals surface area contributed by atoms with E-state index < -0.39 is 0 Å². The molecule has 1 fully saturated rings. The van der Waals surface area contributed by atoms with Crippen LogP contribution in [0.5, 0.6) is 5.75 Å². The average molecular weight is 320 g/mol. The summed E-state index contributed by atoms with van der Waals surface area (Å²) in [5.41, 5.74) is 1.15. The van der Waals surface area contributed by atoms with Crippen LogP contribution in [0.25, 0.3) is 0 Å². The first kappa shape index (κ1) is 17.8. The number of hydrogen-bond donors (Lipinski definition) is 1. The molecule has 0 heterocycles. The fourth-order valence-corrected chi connectivity index (χ4v) is 2.85. The van der Waals surface area contributed by atoms with E-state index in [1.54, 1.807) is 14.2 Å². The molecule has 1 amide bonds. The van der Waals surface area contributed by atoms with E-state index in [4.69, 9.17) is 9.47 Å². The van der Waals surface area contributed by atoms with Gasteiger partial charge in [0.2, 0.25) is 5.91 Å². The van der Waals surface area contributed by atoms with Crippen LogP contribution in [-0.2, 0) is 9.53 Å². The van der Waals surface area contributed by atoms with E-state index >= 15 is 0 Å². The van der Waals surface area contributed by atoms with E-state index in [0.717, 1.165) is 50.4 Å². The van der Waals surface area contributed by atoms with E-state index in [9.17, 15) is 4.79 Å². The van der Waals surface area contributed by atoms with Crippen molar-refractivity contribution in [1.82, 2.24) is 10.2 Å². The molecule has 0 saturated heterocycles. The van der Waals surface area contributed by atoms with Crippen molar-refractivity contribution in [3.05, 3.63) is 29.8 Å². The first-order chi connectivity index (χ1) is 11.2. The van der Waals surface area contributed by atoms with Crippen LogP contribution < -0.4 is 10.1 Å². The second-order valence-electron chi connectivity index (χ2n) is 6.13. The number of para-hydroxylation sites is 1. The van der Waals surface area contributed by atoms with E-state index in [1.165, 1.54) is 0 Å². The van der Waals surface area contributed by atoms with Gasteiger partial charge in [0.1, 0.15) is 5.75 Å². The maximum Gasteiger partial charge on any atom is 0.223 e. The molecule has 1 aliphatic rings. The molecule has 1 aliphatic carbocycles. The van der Waals surface area contributed by atoms with E-state index in [1.807, 2.05) is 18.2 Å². The van der Waals surface area contributed by atoms with Gasteiger partial charge in [-0.25, -0.2) is 0 Å². The Morgan fingerprint density at radius 1 is 1.30 bits per heavy atom. The lowest BCUT2D eigenvalue weighted by atomic mass is 10.1. The molecule has 23 heavy (non-hydrogen) atoms. The van der Waals surface area contributed by atoms with Gasteiger partial charge in [0, 0.05) is 26.1 Å². The van der Waals surface area contributed by atoms with Crippen LogP contribution in [0.3, 0.4) is 0 Å². The number of nitrogens with one attached hydrogen (secondary N) is 1. The Morgan fingerprint density at radius 3 is 2.83 bits per heavy atom.